The highest BCUT2D eigenvalue weighted by Gasteiger charge is 2.30. The van der Waals surface area contributed by atoms with Gasteiger partial charge in [-0.25, -0.2) is 4.98 Å². The van der Waals surface area contributed by atoms with Crippen molar-refractivity contribution in [1.82, 2.24) is 4.98 Å². The minimum absolute atomic E-state index is 0.612. The Morgan fingerprint density at radius 1 is 1.22 bits per heavy atom. The van der Waals surface area contributed by atoms with Gasteiger partial charge in [-0.2, -0.15) is 0 Å². The van der Waals surface area contributed by atoms with E-state index < -0.39 is 5.60 Å². The Morgan fingerprint density at radius 2 is 2.00 bits per heavy atom. The second-order valence-corrected chi connectivity index (χ2v) is 6.86. The maximum atomic E-state index is 10.7. The Morgan fingerprint density at radius 3 is 2.70 bits per heavy atom. The van der Waals surface area contributed by atoms with Crippen molar-refractivity contribution >= 4 is 33.2 Å². The van der Waals surface area contributed by atoms with Crippen LogP contribution in [-0.2, 0) is 0 Å². The molecule has 2 heterocycles. The van der Waals surface area contributed by atoms with Crippen LogP contribution in [0.4, 0.5) is 5.69 Å². The van der Waals surface area contributed by atoms with Crippen molar-refractivity contribution in [3.05, 3.63) is 57.8 Å². The Labute approximate surface area is 149 Å². The predicted molar refractivity (Wildman–Crippen MR) is 96.7 cm³/mol. The van der Waals surface area contributed by atoms with Crippen molar-refractivity contribution in [3.8, 4) is 11.8 Å². The standard InChI is InChI=1S/C18H16BrClN2O/c19-17-13-16(5-9-21-17)22-10-7-18(23,8-11-22)6-4-14-2-1-3-15(20)12-14/h1-3,5,9,12-13,23H,7-8,10-11H2. The summed E-state index contributed by atoms with van der Waals surface area (Å²) in [5.41, 5.74) is 0.992. The van der Waals surface area contributed by atoms with E-state index in [1.807, 2.05) is 36.4 Å². The van der Waals surface area contributed by atoms with Crippen LogP contribution in [0.25, 0.3) is 0 Å². The lowest BCUT2D eigenvalue weighted by atomic mass is 9.91. The fraction of sp³-hybridized carbons (Fsp3) is 0.278. The Balaban J connectivity index is 1.68. The largest absolute Gasteiger partial charge is 0.377 e. The molecule has 1 aliphatic rings. The molecule has 0 atom stereocenters. The number of halogens is 2. The van der Waals surface area contributed by atoms with Crippen molar-refractivity contribution < 1.29 is 5.11 Å². The topological polar surface area (TPSA) is 36.4 Å². The predicted octanol–water partition coefficient (Wildman–Crippen LogP) is 3.88. The number of hydrogen-bond donors (Lipinski definition) is 1. The molecule has 1 saturated heterocycles. The summed E-state index contributed by atoms with van der Waals surface area (Å²) in [7, 11) is 0. The van der Waals surface area contributed by atoms with Gasteiger partial charge in [0.2, 0.25) is 0 Å². The van der Waals surface area contributed by atoms with Crippen LogP contribution in [0, 0.1) is 11.8 Å². The quantitative estimate of drug-likeness (QED) is 0.592. The monoisotopic (exact) mass is 390 g/mol. The molecule has 5 heteroatoms. The molecule has 0 bridgehead atoms. The molecule has 1 fully saturated rings. The smallest absolute Gasteiger partial charge is 0.129 e. The van der Waals surface area contributed by atoms with Crippen LogP contribution in [0.1, 0.15) is 18.4 Å². The molecule has 0 saturated carbocycles. The van der Waals surface area contributed by atoms with Crippen LogP contribution in [-0.4, -0.2) is 28.8 Å². The molecule has 0 amide bonds. The first kappa shape index (κ1) is 16.3. The summed E-state index contributed by atoms with van der Waals surface area (Å²) in [6.45, 7) is 1.52. The molecule has 1 N–H and O–H groups in total. The van der Waals surface area contributed by atoms with Crippen LogP contribution in [0.3, 0.4) is 0 Å². The third kappa shape index (κ3) is 4.26. The molecular formula is C18H16BrClN2O. The third-order valence-electron chi connectivity index (χ3n) is 3.93. The van der Waals surface area contributed by atoms with Gasteiger partial charge >= 0.3 is 0 Å². The van der Waals surface area contributed by atoms with Crippen molar-refractivity contribution in [2.45, 2.75) is 18.4 Å². The second-order valence-electron chi connectivity index (χ2n) is 5.62. The number of hydrogen-bond acceptors (Lipinski definition) is 3. The first-order chi connectivity index (χ1) is 11.0. The average Bonchev–Trinajstić information content (AvgIpc) is 2.54. The first-order valence-corrected chi connectivity index (χ1v) is 8.59. The highest BCUT2D eigenvalue weighted by molar-refractivity contribution is 9.10. The first-order valence-electron chi connectivity index (χ1n) is 7.42. The normalized spacial score (nSPS) is 16.6. The van der Waals surface area contributed by atoms with Crippen molar-refractivity contribution in [1.29, 1.82) is 0 Å². The van der Waals surface area contributed by atoms with Gasteiger partial charge in [-0.3, -0.25) is 0 Å². The highest BCUT2D eigenvalue weighted by Crippen LogP contribution is 2.27. The number of anilines is 1. The summed E-state index contributed by atoms with van der Waals surface area (Å²) in [4.78, 5) is 6.38. The van der Waals surface area contributed by atoms with E-state index in [2.05, 4.69) is 37.7 Å². The molecule has 23 heavy (non-hydrogen) atoms. The van der Waals surface area contributed by atoms with Crippen LogP contribution in [0.5, 0.6) is 0 Å². The fourth-order valence-corrected chi connectivity index (χ4v) is 3.15. The zero-order chi connectivity index (χ0) is 16.3. The van der Waals surface area contributed by atoms with Gasteiger partial charge in [0.05, 0.1) is 0 Å². The molecule has 1 aromatic heterocycles. The number of pyridine rings is 1. The Kier molecular flexibility index (Phi) is 4.91. The number of piperidine rings is 1. The van der Waals surface area contributed by atoms with Gasteiger partial charge in [0, 0.05) is 48.4 Å². The van der Waals surface area contributed by atoms with E-state index in [0.717, 1.165) is 28.9 Å². The van der Waals surface area contributed by atoms with E-state index in [1.165, 1.54) is 0 Å². The average molecular weight is 392 g/mol. The molecule has 3 rings (SSSR count). The molecule has 0 aliphatic carbocycles. The maximum Gasteiger partial charge on any atom is 0.129 e. The minimum atomic E-state index is -0.941. The van der Waals surface area contributed by atoms with Gasteiger partial charge in [0.15, 0.2) is 0 Å². The van der Waals surface area contributed by atoms with E-state index in [0.29, 0.717) is 17.9 Å². The summed E-state index contributed by atoms with van der Waals surface area (Å²) in [5.74, 6) is 6.06. The van der Waals surface area contributed by atoms with Gasteiger partial charge in [-0.15, -0.1) is 0 Å². The molecule has 1 aliphatic heterocycles. The van der Waals surface area contributed by atoms with Crippen LogP contribution in [0.15, 0.2) is 47.2 Å². The van der Waals surface area contributed by atoms with Gasteiger partial charge in [0.25, 0.3) is 0 Å². The van der Waals surface area contributed by atoms with Crippen molar-refractivity contribution in [2.75, 3.05) is 18.0 Å². The lowest BCUT2D eigenvalue weighted by Crippen LogP contribution is -2.43. The zero-order valence-electron chi connectivity index (χ0n) is 12.5. The number of benzene rings is 1. The summed E-state index contributed by atoms with van der Waals surface area (Å²) in [5, 5.41) is 11.3. The Hall–Kier alpha value is -1.54. The number of nitrogens with zero attached hydrogens (tertiary/aromatic N) is 2. The molecule has 0 unspecified atom stereocenters. The lowest BCUT2D eigenvalue weighted by molar-refractivity contribution is 0.0746. The number of aliphatic hydroxyl groups is 1. The maximum absolute atomic E-state index is 10.7. The highest BCUT2D eigenvalue weighted by atomic mass is 79.9. The van der Waals surface area contributed by atoms with Crippen LogP contribution >= 0.6 is 27.5 Å². The summed E-state index contributed by atoms with van der Waals surface area (Å²) < 4.78 is 0.816. The van der Waals surface area contributed by atoms with E-state index in [9.17, 15) is 5.11 Å². The molecular weight excluding hydrogens is 376 g/mol. The summed E-state index contributed by atoms with van der Waals surface area (Å²) >= 11 is 9.34. The molecule has 1 aromatic carbocycles. The Bertz CT molecular complexity index is 761. The molecule has 118 valence electrons. The SMILES string of the molecule is OC1(C#Cc2cccc(Cl)c2)CCN(c2ccnc(Br)c2)CC1. The van der Waals surface area contributed by atoms with Crippen molar-refractivity contribution in [2.24, 2.45) is 0 Å². The van der Waals surface area contributed by atoms with Crippen LogP contribution < -0.4 is 4.90 Å². The molecule has 2 aromatic rings. The number of aromatic nitrogens is 1. The van der Waals surface area contributed by atoms with E-state index >= 15 is 0 Å². The van der Waals surface area contributed by atoms with Crippen molar-refractivity contribution in [3.63, 3.8) is 0 Å². The summed E-state index contributed by atoms with van der Waals surface area (Å²) in [6, 6.07) is 11.3. The van der Waals surface area contributed by atoms with Crippen LogP contribution in [0.2, 0.25) is 5.02 Å². The lowest BCUT2D eigenvalue weighted by Gasteiger charge is -2.36. The van der Waals surface area contributed by atoms with Gasteiger partial charge in [-0.1, -0.05) is 29.5 Å². The fourth-order valence-electron chi connectivity index (χ4n) is 2.60. The van der Waals surface area contributed by atoms with Gasteiger partial charge in [-0.05, 0) is 46.3 Å². The summed E-state index contributed by atoms with van der Waals surface area (Å²) in [6.07, 6.45) is 3.00. The second kappa shape index (κ2) is 6.92. The zero-order valence-corrected chi connectivity index (χ0v) is 14.8. The van der Waals surface area contributed by atoms with Gasteiger partial charge in [0.1, 0.15) is 10.2 Å². The molecule has 3 nitrogen and oxygen atoms in total. The van der Waals surface area contributed by atoms with E-state index in [4.69, 9.17) is 11.6 Å². The molecule has 0 spiro atoms. The minimum Gasteiger partial charge on any atom is -0.377 e. The number of rotatable bonds is 1. The van der Waals surface area contributed by atoms with E-state index in [1.54, 1.807) is 6.20 Å². The third-order valence-corrected chi connectivity index (χ3v) is 4.60. The van der Waals surface area contributed by atoms with Gasteiger partial charge < -0.3 is 10.0 Å². The van der Waals surface area contributed by atoms with E-state index in [-0.39, 0.29) is 0 Å². The molecule has 0 radical (unpaired) electrons.